The van der Waals surface area contributed by atoms with E-state index >= 15 is 0 Å². The van der Waals surface area contributed by atoms with E-state index in [1.165, 1.54) is 30.4 Å². The Balaban J connectivity index is 1.83. The van der Waals surface area contributed by atoms with Gasteiger partial charge in [-0.3, -0.25) is 4.21 Å². The van der Waals surface area contributed by atoms with E-state index in [1.807, 2.05) is 0 Å². The molecule has 1 heterocycles. The Labute approximate surface area is 163 Å². The van der Waals surface area contributed by atoms with Crippen LogP contribution in [0.4, 0.5) is 0 Å². The zero-order chi connectivity index (χ0) is 17.5. The molecule has 0 bridgehead atoms. The molecule has 4 rings (SSSR count). The van der Waals surface area contributed by atoms with Crippen LogP contribution in [0.5, 0.6) is 0 Å². The maximum absolute atomic E-state index is 14.5. The van der Waals surface area contributed by atoms with Gasteiger partial charge in [0.1, 0.15) is 0 Å². The number of hydrogen-bond donors (Lipinski definition) is 0. The summed E-state index contributed by atoms with van der Waals surface area (Å²) in [6.07, 6.45) is 5.23. The van der Waals surface area contributed by atoms with E-state index in [4.69, 9.17) is 0 Å². The molecule has 0 amide bonds. The first kappa shape index (κ1) is 17.7. The Morgan fingerprint density at radius 2 is 1.44 bits per heavy atom. The Bertz CT molecular complexity index is 795. The summed E-state index contributed by atoms with van der Waals surface area (Å²) in [5.74, 6) is 1.10. The van der Waals surface area contributed by atoms with Gasteiger partial charge in [-0.1, -0.05) is 73.5 Å². The highest BCUT2D eigenvalue weighted by molar-refractivity contribution is 14.2. The van der Waals surface area contributed by atoms with Crippen molar-refractivity contribution in [2.24, 2.45) is 5.92 Å². The third kappa shape index (κ3) is 3.12. The Kier molecular flexibility index (Phi) is 4.60. The molecule has 0 aromatic heterocycles. The van der Waals surface area contributed by atoms with Crippen molar-refractivity contribution in [1.82, 2.24) is 0 Å². The summed E-state index contributed by atoms with van der Waals surface area (Å²) < 4.78 is 14.5. The van der Waals surface area contributed by atoms with Gasteiger partial charge < -0.3 is 0 Å². The Morgan fingerprint density at radius 3 is 2.08 bits per heavy atom. The van der Waals surface area contributed by atoms with Crippen molar-refractivity contribution < 1.29 is 4.21 Å². The number of rotatable bonds is 2. The maximum atomic E-state index is 14.5. The van der Waals surface area contributed by atoms with Crippen LogP contribution in [-0.2, 0) is 6.24 Å². The molecule has 0 N–H and O–H groups in total. The van der Waals surface area contributed by atoms with Gasteiger partial charge in [0.05, 0.1) is 0 Å². The zero-order valence-corrected chi connectivity index (χ0v) is 17.8. The van der Waals surface area contributed by atoms with Crippen molar-refractivity contribution in [3.8, 4) is 0 Å². The standard InChI is InChI=1S/C22H27IOS/c1-25(23,24)21-15-9-8-14-19(21)20(17-10-4-2-5-11-17)16-22(25)18-12-6-3-7-13-18/h2-7,10-13,19-22H,8-9,14-16H2,1H3. The molecule has 4 atom stereocenters. The van der Waals surface area contributed by atoms with Crippen molar-refractivity contribution in [2.75, 3.05) is 6.26 Å². The predicted molar refractivity (Wildman–Crippen MR) is 117 cm³/mol. The molecule has 1 saturated carbocycles. The molecule has 4 unspecified atom stereocenters. The Hall–Kier alpha value is -0.680. The van der Waals surface area contributed by atoms with Crippen LogP contribution in [0, 0.1) is 5.92 Å². The Morgan fingerprint density at radius 1 is 0.880 bits per heavy atom. The lowest BCUT2D eigenvalue weighted by molar-refractivity contribution is 0.278. The highest BCUT2D eigenvalue weighted by Gasteiger charge is 2.56. The fraction of sp³-hybridized carbons (Fsp3) is 0.455. The molecule has 1 aliphatic heterocycles. The van der Waals surface area contributed by atoms with Crippen LogP contribution in [0.1, 0.15) is 54.4 Å². The molecule has 2 aliphatic rings. The lowest BCUT2D eigenvalue weighted by Gasteiger charge is -2.57. The minimum absolute atomic E-state index is 0.156. The first-order valence-corrected chi connectivity index (χ1v) is 14.4. The zero-order valence-electron chi connectivity index (χ0n) is 14.8. The smallest absolute Gasteiger partial charge is 0.0487 e. The molecule has 2 aromatic rings. The van der Waals surface area contributed by atoms with Crippen LogP contribution < -0.4 is 0 Å². The fourth-order valence-corrected chi connectivity index (χ4v) is 12.5. The van der Waals surface area contributed by atoms with Gasteiger partial charge in [0, 0.05) is 38.0 Å². The average Bonchev–Trinajstić information content (AvgIpc) is 2.63. The van der Waals surface area contributed by atoms with Crippen molar-refractivity contribution in [2.45, 2.75) is 48.5 Å². The topological polar surface area (TPSA) is 17.1 Å². The lowest BCUT2D eigenvalue weighted by atomic mass is 9.73. The van der Waals surface area contributed by atoms with Gasteiger partial charge in [-0.05, 0) is 48.5 Å². The molecule has 3 heteroatoms. The third-order valence-corrected chi connectivity index (χ3v) is 14.2. The van der Waals surface area contributed by atoms with E-state index in [1.54, 1.807) is 0 Å². The second-order valence-corrected chi connectivity index (χ2v) is 18.7. The monoisotopic (exact) mass is 466 g/mol. The van der Waals surface area contributed by atoms with Crippen LogP contribution in [0.3, 0.4) is 0 Å². The van der Waals surface area contributed by atoms with Crippen molar-refractivity contribution in [3.05, 3.63) is 71.8 Å². The third-order valence-electron chi connectivity index (χ3n) is 6.53. The number of fused-ring (bicyclic) bond motifs is 1. The quantitative estimate of drug-likeness (QED) is 0.377. The van der Waals surface area contributed by atoms with Gasteiger partial charge in [-0.2, -0.15) is 0 Å². The number of benzene rings is 2. The minimum atomic E-state index is -2.78. The minimum Gasteiger partial charge on any atom is -0.272 e. The highest BCUT2D eigenvalue weighted by Crippen LogP contribution is 2.64. The second-order valence-electron chi connectivity index (χ2n) is 8.00. The summed E-state index contributed by atoms with van der Waals surface area (Å²) >= 11 is 2.41. The van der Waals surface area contributed by atoms with E-state index in [0.717, 1.165) is 12.8 Å². The van der Waals surface area contributed by atoms with Crippen molar-refractivity contribution >= 4 is 27.4 Å². The number of halogens is 1. The van der Waals surface area contributed by atoms with E-state index in [-0.39, 0.29) is 5.25 Å². The van der Waals surface area contributed by atoms with Crippen LogP contribution in [-0.4, -0.2) is 15.7 Å². The van der Waals surface area contributed by atoms with Crippen LogP contribution >= 0.6 is 21.2 Å². The molecule has 0 radical (unpaired) electrons. The molecule has 1 saturated heterocycles. The van der Waals surface area contributed by atoms with Crippen molar-refractivity contribution in [3.63, 3.8) is 0 Å². The molecule has 25 heavy (non-hydrogen) atoms. The van der Waals surface area contributed by atoms with Crippen LogP contribution in [0.25, 0.3) is 0 Å². The largest absolute Gasteiger partial charge is 0.272 e. The highest BCUT2D eigenvalue weighted by atomic mass is 127. The van der Waals surface area contributed by atoms with Gasteiger partial charge in [0.25, 0.3) is 0 Å². The maximum Gasteiger partial charge on any atom is 0.0487 e. The predicted octanol–water partition coefficient (Wildman–Crippen LogP) is 6.27. The first-order chi connectivity index (χ1) is 12.0. The molecule has 0 spiro atoms. The fourth-order valence-electron chi connectivity index (χ4n) is 5.33. The van der Waals surface area contributed by atoms with E-state index in [9.17, 15) is 4.21 Å². The summed E-state index contributed by atoms with van der Waals surface area (Å²) in [6.45, 7) is 0. The van der Waals surface area contributed by atoms with Gasteiger partial charge in [-0.15, -0.1) is 0 Å². The molecule has 2 fully saturated rings. The van der Waals surface area contributed by atoms with Crippen molar-refractivity contribution in [1.29, 1.82) is 0 Å². The molecular formula is C22H27IOS. The molecule has 134 valence electrons. The second kappa shape index (κ2) is 6.49. The average molecular weight is 466 g/mol. The van der Waals surface area contributed by atoms with E-state index < -0.39 is 6.24 Å². The summed E-state index contributed by atoms with van der Waals surface area (Å²) in [5.41, 5.74) is 2.71. The summed E-state index contributed by atoms with van der Waals surface area (Å²) in [7, 11) is 0. The molecule has 1 aliphatic carbocycles. The molecule has 2 aromatic carbocycles. The molecule has 1 nitrogen and oxygen atoms in total. The normalized spacial score (nSPS) is 35.0. The van der Waals surface area contributed by atoms with E-state index in [2.05, 4.69) is 88.1 Å². The van der Waals surface area contributed by atoms with Gasteiger partial charge in [-0.25, -0.2) is 0 Å². The van der Waals surface area contributed by atoms with Gasteiger partial charge in [0.15, 0.2) is 0 Å². The summed E-state index contributed by atoms with van der Waals surface area (Å²) in [5, 5.41) is 0.499. The first-order valence-electron chi connectivity index (χ1n) is 9.40. The molecular weight excluding hydrogens is 439 g/mol. The van der Waals surface area contributed by atoms with Crippen LogP contribution in [0.15, 0.2) is 60.7 Å². The van der Waals surface area contributed by atoms with Gasteiger partial charge in [0.2, 0.25) is 0 Å². The number of hydrogen-bond acceptors (Lipinski definition) is 1. The lowest BCUT2D eigenvalue weighted by Crippen LogP contribution is -2.53. The summed E-state index contributed by atoms with van der Waals surface area (Å²) in [6, 6.07) is 21.6. The van der Waals surface area contributed by atoms with Crippen LogP contribution in [0.2, 0.25) is 0 Å². The SMILES string of the molecule is CS1(=O)(I)C(c2ccccc2)CC(c2ccccc2)C2CCCCC21. The van der Waals surface area contributed by atoms with E-state index in [0.29, 0.717) is 17.1 Å². The summed E-state index contributed by atoms with van der Waals surface area (Å²) in [4.78, 5) is 0. The van der Waals surface area contributed by atoms with Gasteiger partial charge >= 0.3 is 0 Å².